The summed E-state index contributed by atoms with van der Waals surface area (Å²) in [5, 5.41) is 7.40. The number of hydrogen-bond acceptors (Lipinski definition) is 5. The van der Waals surface area contributed by atoms with E-state index in [4.69, 9.17) is 4.74 Å². The number of amides is 2. The van der Waals surface area contributed by atoms with Crippen LogP contribution in [0.15, 0.2) is 35.7 Å². The van der Waals surface area contributed by atoms with Gasteiger partial charge in [-0.1, -0.05) is 26.0 Å². The van der Waals surface area contributed by atoms with E-state index in [1.54, 1.807) is 25.2 Å². The van der Waals surface area contributed by atoms with Crippen LogP contribution in [0.4, 0.5) is 8.78 Å². The molecule has 6 nitrogen and oxygen atoms in total. The van der Waals surface area contributed by atoms with Gasteiger partial charge in [-0.05, 0) is 29.5 Å². The molecule has 0 radical (unpaired) electrons. The largest absolute Gasteiger partial charge is 0.379 e. The molecule has 1 aliphatic rings. The monoisotopic (exact) mass is 451 g/mol. The summed E-state index contributed by atoms with van der Waals surface area (Å²) in [6, 6.07) is 6.26. The zero-order valence-corrected chi connectivity index (χ0v) is 18.4. The summed E-state index contributed by atoms with van der Waals surface area (Å²) in [5.74, 6) is -3.55. The van der Waals surface area contributed by atoms with E-state index < -0.39 is 35.1 Å². The van der Waals surface area contributed by atoms with Crippen LogP contribution in [0.1, 0.15) is 35.1 Å². The summed E-state index contributed by atoms with van der Waals surface area (Å²) in [7, 11) is 0. The van der Waals surface area contributed by atoms with Crippen molar-refractivity contribution in [2.45, 2.75) is 25.9 Å². The highest BCUT2D eigenvalue weighted by Gasteiger charge is 2.29. The fraction of sp³-hybridized carbons (Fsp3) is 0.455. The van der Waals surface area contributed by atoms with Crippen molar-refractivity contribution >= 4 is 23.2 Å². The maximum absolute atomic E-state index is 14.0. The molecule has 2 heterocycles. The number of carbonyl (C=O) groups is 2. The van der Waals surface area contributed by atoms with E-state index >= 15 is 0 Å². The van der Waals surface area contributed by atoms with Gasteiger partial charge in [0.05, 0.1) is 19.3 Å². The summed E-state index contributed by atoms with van der Waals surface area (Å²) < 4.78 is 33.3. The molecule has 0 spiro atoms. The number of halogens is 2. The second-order valence-corrected chi connectivity index (χ2v) is 8.70. The Labute approximate surface area is 184 Å². The van der Waals surface area contributed by atoms with Crippen LogP contribution in [0.5, 0.6) is 0 Å². The standard InChI is InChI=1S/C22H27F2N3O3S/c1-14(2)20(26-21(28)19-15(23)5-3-6-16(19)24)22(29)25-13-17(18-7-4-12-31-18)27-8-10-30-11-9-27/h3-7,12,14,17,20H,8-11,13H2,1-2H3,(H,25,29)(H,26,28). The predicted octanol–water partition coefficient (Wildman–Crippen LogP) is 2.97. The number of nitrogens with one attached hydrogen (secondary N) is 2. The average Bonchev–Trinajstić information content (AvgIpc) is 3.27. The van der Waals surface area contributed by atoms with E-state index in [-0.39, 0.29) is 12.0 Å². The van der Waals surface area contributed by atoms with Crippen LogP contribution in [0.2, 0.25) is 0 Å². The van der Waals surface area contributed by atoms with Crippen molar-refractivity contribution in [2.24, 2.45) is 5.92 Å². The Balaban J connectivity index is 1.68. The molecule has 3 rings (SSSR count). The summed E-state index contributed by atoms with van der Waals surface area (Å²) >= 11 is 1.62. The Kier molecular flexibility index (Phi) is 8.11. The van der Waals surface area contributed by atoms with Crippen LogP contribution in [0.25, 0.3) is 0 Å². The van der Waals surface area contributed by atoms with Crippen molar-refractivity contribution in [3.63, 3.8) is 0 Å². The zero-order valence-electron chi connectivity index (χ0n) is 17.6. The molecule has 1 aromatic carbocycles. The molecular weight excluding hydrogens is 424 g/mol. The molecule has 31 heavy (non-hydrogen) atoms. The van der Waals surface area contributed by atoms with Crippen molar-refractivity contribution in [2.75, 3.05) is 32.8 Å². The number of morpholine rings is 1. The highest BCUT2D eigenvalue weighted by atomic mass is 32.1. The highest BCUT2D eigenvalue weighted by Crippen LogP contribution is 2.25. The number of hydrogen-bond donors (Lipinski definition) is 2. The molecule has 1 aromatic heterocycles. The first-order valence-corrected chi connectivity index (χ1v) is 11.1. The number of carbonyl (C=O) groups excluding carboxylic acids is 2. The van der Waals surface area contributed by atoms with Crippen molar-refractivity contribution in [3.8, 4) is 0 Å². The van der Waals surface area contributed by atoms with Gasteiger partial charge in [-0.15, -0.1) is 11.3 Å². The van der Waals surface area contributed by atoms with Crippen LogP contribution >= 0.6 is 11.3 Å². The van der Waals surface area contributed by atoms with E-state index in [2.05, 4.69) is 15.5 Å². The lowest BCUT2D eigenvalue weighted by Crippen LogP contribution is -2.52. The second kappa shape index (κ2) is 10.8. The first-order chi connectivity index (χ1) is 14.9. The lowest BCUT2D eigenvalue weighted by Gasteiger charge is -2.34. The fourth-order valence-electron chi connectivity index (χ4n) is 3.55. The third-order valence-corrected chi connectivity index (χ3v) is 6.23. The van der Waals surface area contributed by atoms with Gasteiger partial charge in [0.25, 0.3) is 5.91 Å². The molecule has 0 saturated carbocycles. The quantitative estimate of drug-likeness (QED) is 0.648. The lowest BCUT2D eigenvalue weighted by molar-refractivity contribution is -0.124. The molecule has 2 aromatic rings. The third-order valence-electron chi connectivity index (χ3n) is 5.25. The predicted molar refractivity (Wildman–Crippen MR) is 115 cm³/mol. The van der Waals surface area contributed by atoms with E-state index in [1.165, 1.54) is 6.07 Å². The van der Waals surface area contributed by atoms with Gasteiger partial charge in [0, 0.05) is 24.5 Å². The van der Waals surface area contributed by atoms with Crippen molar-refractivity contribution < 1.29 is 23.1 Å². The Hall–Kier alpha value is -2.36. The van der Waals surface area contributed by atoms with Gasteiger partial charge in [0.1, 0.15) is 23.2 Å². The van der Waals surface area contributed by atoms with E-state index in [1.807, 2.05) is 17.5 Å². The summed E-state index contributed by atoms with van der Waals surface area (Å²) in [6.45, 7) is 6.67. The summed E-state index contributed by atoms with van der Waals surface area (Å²) in [4.78, 5) is 28.8. The minimum Gasteiger partial charge on any atom is -0.379 e. The SMILES string of the molecule is CC(C)C(NC(=O)c1c(F)cccc1F)C(=O)NCC(c1cccs1)N1CCOCC1. The maximum atomic E-state index is 14.0. The van der Waals surface area contributed by atoms with Crippen molar-refractivity contribution in [3.05, 3.63) is 57.8 Å². The Morgan fingerprint density at radius 1 is 1.13 bits per heavy atom. The molecule has 9 heteroatoms. The first-order valence-electron chi connectivity index (χ1n) is 10.3. The van der Waals surface area contributed by atoms with Gasteiger partial charge in [-0.25, -0.2) is 8.78 Å². The van der Waals surface area contributed by atoms with Gasteiger partial charge >= 0.3 is 0 Å². The number of benzene rings is 1. The van der Waals surface area contributed by atoms with E-state index in [0.717, 1.165) is 30.1 Å². The smallest absolute Gasteiger partial charge is 0.257 e. The zero-order chi connectivity index (χ0) is 22.4. The molecule has 1 aliphatic heterocycles. The molecule has 0 bridgehead atoms. The van der Waals surface area contributed by atoms with Gasteiger partial charge in [0.2, 0.25) is 5.91 Å². The molecule has 1 saturated heterocycles. The molecule has 2 unspecified atom stereocenters. The van der Waals surface area contributed by atoms with Gasteiger partial charge in [0.15, 0.2) is 0 Å². The van der Waals surface area contributed by atoms with E-state index in [0.29, 0.717) is 19.8 Å². The summed E-state index contributed by atoms with van der Waals surface area (Å²) in [6.07, 6.45) is 0. The Morgan fingerprint density at radius 3 is 2.39 bits per heavy atom. The molecular formula is C22H27F2N3O3S. The van der Waals surface area contributed by atoms with Crippen LogP contribution < -0.4 is 10.6 Å². The van der Waals surface area contributed by atoms with E-state index in [9.17, 15) is 18.4 Å². The Bertz CT molecular complexity index is 866. The molecule has 2 atom stereocenters. The van der Waals surface area contributed by atoms with Gasteiger partial charge in [-0.2, -0.15) is 0 Å². The first kappa shape index (κ1) is 23.3. The highest BCUT2D eigenvalue weighted by molar-refractivity contribution is 7.10. The molecule has 0 aliphatic carbocycles. The van der Waals surface area contributed by atoms with Gasteiger partial charge in [-0.3, -0.25) is 14.5 Å². The fourth-order valence-corrected chi connectivity index (χ4v) is 4.41. The molecule has 168 valence electrons. The normalized spacial score (nSPS) is 16.7. The minimum atomic E-state index is -0.967. The van der Waals surface area contributed by atoms with Crippen LogP contribution in [0, 0.1) is 17.6 Å². The second-order valence-electron chi connectivity index (χ2n) is 7.72. The third kappa shape index (κ3) is 5.87. The minimum absolute atomic E-state index is 0.0135. The van der Waals surface area contributed by atoms with Crippen LogP contribution in [0.3, 0.4) is 0 Å². The number of nitrogens with zero attached hydrogens (tertiary/aromatic N) is 1. The number of thiophene rings is 1. The molecule has 2 amide bonds. The van der Waals surface area contributed by atoms with Crippen LogP contribution in [-0.4, -0.2) is 55.6 Å². The maximum Gasteiger partial charge on any atom is 0.257 e. The topological polar surface area (TPSA) is 70.7 Å². The lowest BCUT2D eigenvalue weighted by atomic mass is 10.0. The average molecular weight is 452 g/mol. The van der Waals surface area contributed by atoms with Crippen molar-refractivity contribution in [1.82, 2.24) is 15.5 Å². The molecule has 1 fully saturated rings. The summed E-state index contributed by atoms with van der Waals surface area (Å²) in [5.41, 5.74) is -0.689. The Morgan fingerprint density at radius 2 is 1.81 bits per heavy atom. The van der Waals surface area contributed by atoms with Gasteiger partial charge < -0.3 is 15.4 Å². The number of rotatable bonds is 8. The van der Waals surface area contributed by atoms with Crippen molar-refractivity contribution in [1.29, 1.82) is 0 Å². The van der Waals surface area contributed by atoms with Crippen LogP contribution in [-0.2, 0) is 9.53 Å². The number of ether oxygens (including phenoxy) is 1. The molecule has 2 N–H and O–H groups in total.